The summed E-state index contributed by atoms with van der Waals surface area (Å²) in [5.74, 6) is 0. The van der Waals surface area contributed by atoms with Crippen molar-refractivity contribution in [3.63, 3.8) is 0 Å². The van der Waals surface area contributed by atoms with E-state index < -0.39 is 0 Å². The van der Waals surface area contributed by atoms with Crippen molar-refractivity contribution in [2.75, 3.05) is 5.32 Å². The lowest BCUT2D eigenvalue weighted by atomic mass is 10.2. The van der Waals surface area contributed by atoms with E-state index in [1.54, 1.807) is 0 Å². The number of hydrogen-bond donors (Lipinski definition) is 1. The van der Waals surface area contributed by atoms with Gasteiger partial charge in [0.15, 0.2) is 0 Å². The molecule has 0 aliphatic heterocycles. The van der Waals surface area contributed by atoms with Gasteiger partial charge >= 0.3 is 0 Å². The number of halogens is 2. The van der Waals surface area contributed by atoms with E-state index in [-0.39, 0.29) is 0 Å². The largest absolute Gasteiger partial charge is 0.381 e. The summed E-state index contributed by atoms with van der Waals surface area (Å²) in [6.45, 7) is 2.80. The topological polar surface area (TPSA) is 12.0 Å². The van der Waals surface area contributed by atoms with Crippen LogP contribution in [-0.2, 0) is 6.54 Å². The molecule has 0 aliphatic rings. The van der Waals surface area contributed by atoms with Crippen LogP contribution in [0.2, 0.25) is 5.02 Å². The van der Waals surface area contributed by atoms with E-state index in [1.165, 1.54) is 5.56 Å². The molecule has 0 fully saturated rings. The Labute approximate surface area is 115 Å². The highest BCUT2D eigenvalue weighted by Gasteiger charge is 1.98. The number of hydrogen-bond acceptors (Lipinski definition) is 1. The molecule has 0 spiro atoms. The lowest BCUT2D eigenvalue weighted by Gasteiger charge is -2.08. The zero-order valence-corrected chi connectivity index (χ0v) is 11.8. The van der Waals surface area contributed by atoms with Gasteiger partial charge in [-0.15, -0.1) is 0 Å². The van der Waals surface area contributed by atoms with E-state index in [0.29, 0.717) is 0 Å². The summed E-state index contributed by atoms with van der Waals surface area (Å²) in [4.78, 5) is 0. The summed E-state index contributed by atoms with van der Waals surface area (Å²) in [5, 5.41) is 4.15. The first-order chi connectivity index (χ1) is 8.15. The van der Waals surface area contributed by atoms with E-state index in [2.05, 4.69) is 33.4 Å². The van der Waals surface area contributed by atoms with Crippen molar-refractivity contribution in [3.8, 4) is 0 Å². The second-order valence-corrected chi connectivity index (χ2v) is 5.27. The quantitative estimate of drug-likeness (QED) is 0.839. The van der Waals surface area contributed by atoms with Crippen molar-refractivity contribution in [1.82, 2.24) is 0 Å². The van der Waals surface area contributed by atoms with Gasteiger partial charge in [-0.05, 0) is 42.3 Å². The third-order valence-corrected chi connectivity index (χ3v) is 3.52. The Bertz CT molecular complexity index is 508. The molecule has 88 valence electrons. The zero-order valence-electron chi connectivity index (χ0n) is 9.50. The smallest absolute Gasteiger partial charge is 0.0455 e. The molecule has 0 unspecified atom stereocenters. The van der Waals surface area contributed by atoms with Crippen LogP contribution in [0.3, 0.4) is 0 Å². The Hall–Kier alpha value is -0.990. The van der Waals surface area contributed by atoms with Gasteiger partial charge in [0, 0.05) is 21.7 Å². The highest BCUT2D eigenvalue weighted by Crippen LogP contribution is 2.20. The minimum atomic E-state index is 0.797. The predicted octanol–water partition coefficient (Wildman–Crippen LogP) is 5.02. The van der Waals surface area contributed by atoms with Crippen LogP contribution in [0.25, 0.3) is 0 Å². The molecular formula is C14H13BrClN. The maximum Gasteiger partial charge on any atom is 0.0455 e. The Balaban J connectivity index is 2.02. The van der Waals surface area contributed by atoms with Crippen LogP contribution in [0.15, 0.2) is 46.9 Å². The van der Waals surface area contributed by atoms with Gasteiger partial charge in [-0.25, -0.2) is 0 Å². The van der Waals surface area contributed by atoms with Gasteiger partial charge in [-0.1, -0.05) is 45.7 Å². The molecule has 3 heteroatoms. The molecule has 2 aromatic carbocycles. The Morgan fingerprint density at radius 3 is 2.47 bits per heavy atom. The van der Waals surface area contributed by atoms with Crippen molar-refractivity contribution >= 4 is 33.2 Å². The number of aryl methyl sites for hydroxylation is 1. The highest BCUT2D eigenvalue weighted by atomic mass is 79.9. The second-order valence-electron chi connectivity index (χ2n) is 3.94. The summed E-state index contributed by atoms with van der Waals surface area (Å²) in [5.41, 5.74) is 3.38. The number of rotatable bonds is 3. The van der Waals surface area contributed by atoms with E-state index in [1.807, 2.05) is 37.3 Å². The summed E-state index contributed by atoms with van der Waals surface area (Å²) < 4.78 is 1.10. The average Bonchev–Trinajstić information content (AvgIpc) is 2.33. The average molecular weight is 311 g/mol. The molecule has 0 radical (unpaired) electrons. The first kappa shape index (κ1) is 12.5. The maximum absolute atomic E-state index is 6.07. The molecule has 0 amide bonds. The standard InChI is InChI=1S/C14H13BrClN/c1-10-2-7-13(8-14(10)16)17-9-11-3-5-12(15)6-4-11/h2-8,17H,9H2,1H3. The van der Waals surface area contributed by atoms with Gasteiger partial charge in [0.1, 0.15) is 0 Å². The number of anilines is 1. The molecular weight excluding hydrogens is 298 g/mol. The molecule has 17 heavy (non-hydrogen) atoms. The fourth-order valence-corrected chi connectivity index (χ4v) is 1.95. The lowest BCUT2D eigenvalue weighted by Crippen LogP contribution is -1.99. The molecule has 0 heterocycles. The van der Waals surface area contributed by atoms with E-state index in [9.17, 15) is 0 Å². The van der Waals surface area contributed by atoms with Gasteiger partial charge in [0.25, 0.3) is 0 Å². The molecule has 1 nitrogen and oxygen atoms in total. The predicted molar refractivity (Wildman–Crippen MR) is 77.7 cm³/mol. The SMILES string of the molecule is Cc1ccc(NCc2ccc(Br)cc2)cc1Cl. The molecule has 0 bridgehead atoms. The fourth-order valence-electron chi connectivity index (χ4n) is 1.51. The summed E-state index contributed by atoms with van der Waals surface area (Å²) >= 11 is 9.49. The van der Waals surface area contributed by atoms with Crippen LogP contribution in [0.5, 0.6) is 0 Å². The lowest BCUT2D eigenvalue weighted by molar-refractivity contribution is 1.15. The fraction of sp³-hybridized carbons (Fsp3) is 0.143. The molecule has 2 aromatic rings. The molecule has 0 saturated carbocycles. The minimum absolute atomic E-state index is 0.797. The maximum atomic E-state index is 6.07. The first-order valence-corrected chi connectivity index (χ1v) is 6.57. The summed E-state index contributed by atoms with van der Waals surface area (Å²) in [7, 11) is 0. The van der Waals surface area contributed by atoms with Crippen molar-refractivity contribution in [1.29, 1.82) is 0 Å². The molecule has 0 aromatic heterocycles. The number of nitrogens with one attached hydrogen (secondary N) is 1. The van der Waals surface area contributed by atoms with Crippen LogP contribution in [0, 0.1) is 6.92 Å². The molecule has 2 rings (SSSR count). The van der Waals surface area contributed by atoms with Crippen LogP contribution >= 0.6 is 27.5 Å². The second kappa shape index (κ2) is 5.56. The molecule has 1 N–H and O–H groups in total. The highest BCUT2D eigenvalue weighted by molar-refractivity contribution is 9.10. The van der Waals surface area contributed by atoms with Gasteiger partial charge in [0.05, 0.1) is 0 Å². The van der Waals surface area contributed by atoms with Gasteiger partial charge in [-0.3, -0.25) is 0 Å². The van der Waals surface area contributed by atoms with Gasteiger partial charge < -0.3 is 5.32 Å². The normalized spacial score (nSPS) is 10.3. The number of benzene rings is 2. The summed E-state index contributed by atoms with van der Waals surface area (Å²) in [6, 6.07) is 14.3. The Morgan fingerprint density at radius 2 is 1.82 bits per heavy atom. The van der Waals surface area contributed by atoms with Crippen molar-refractivity contribution in [3.05, 3.63) is 63.1 Å². The van der Waals surface area contributed by atoms with Gasteiger partial charge in [0.2, 0.25) is 0 Å². The summed E-state index contributed by atoms with van der Waals surface area (Å²) in [6.07, 6.45) is 0. The van der Waals surface area contributed by atoms with E-state index in [4.69, 9.17) is 11.6 Å². The minimum Gasteiger partial charge on any atom is -0.381 e. The van der Waals surface area contributed by atoms with Crippen molar-refractivity contribution in [2.45, 2.75) is 13.5 Å². The van der Waals surface area contributed by atoms with Crippen LogP contribution in [0.1, 0.15) is 11.1 Å². The van der Waals surface area contributed by atoms with E-state index in [0.717, 1.165) is 27.3 Å². The van der Waals surface area contributed by atoms with Crippen LogP contribution in [-0.4, -0.2) is 0 Å². The van der Waals surface area contributed by atoms with E-state index >= 15 is 0 Å². The zero-order chi connectivity index (χ0) is 12.3. The Kier molecular flexibility index (Phi) is 4.08. The molecule has 0 aliphatic carbocycles. The third kappa shape index (κ3) is 3.48. The first-order valence-electron chi connectivity index (χ1n) is 5.39. The van der Waals surface area contributed by atoms with Gasteiger partial charge in [-0.2, -0.15) is 0 Å². The molecule has 0 saturated heterocycles. The van der Waals surface area contributed by atoms with Crippen LogP contribution in [0.4, 0.5) is 5.69 Å². The Morgan fingerprint density at radius 1 is 1.12 bits per heavy atom. The third-order valence-electron chi connectivity index (χ3n) is 2.58. The molecule has 0 atom stereocenters. The van der Waals surface area contributed by atoms with Crippen molar-refractivity contribution in [2.24, 2.45) is 0 Å². The van der Waals surface area contributed by atoms with Crippen molar-refractivity contribution < 1.29 is 0 Å². The monoisotopic (exact) mass is 309 g/mol. The van der Waals surface area contributed by atoms with Crippen LogP contribution < -0.4 is 5.32 Å².